The maximum atomic E-state index is 12.3. The lowest BCUT2D eigenvalue weighted by atomic mass is 10.0. The Morgan fingerprint density at radius 2 is 1.00 bits per heavy atom. The van der Waals surface area contributed by atoms with E-state index in [4.69, 9.17) is 0 Å². The molecule has 0 aliphatic carbocycles. The van der Waals surface area contributed by atoms with Crippen molar-refractivity contribution >= 4 is 5.91 Å². The lowest BCUT2D eigenvalue weighted by Gasteiger charge is -2.25. The molecule has 0 aromatic carbocycles. The molecule has 0 heterocycles. The minimum Gasteiger partial charge on any atom is -0.392 e. The van der Waals surface area contributed by atoms with Gasteiger partial charge in [0.05, 0.1) is 12.2 Å². The number of rotatable bonds is 19. The number of aliphatic hydroxyl groups is 2. The summed E-state index contributed by atoms with van der Waals surface area (Å²) in [5.41, 5.74) is 0. The van der Waals surface area contributed by atoms with Gasteiger partial charge in [-0.3, -0.25) is 4.79 Å². The molecule has 0 radical (unpaired) electrons. The fraction of sp³-hybridized carbons (Fsp3) is 0.958. The third kappa shape index (κ3) is 18.7. The lowest BCUT2D eigenvalue weighted by molar-refractivity contribution is -0.134. The molecule has 0 saturated heterocycles. The molecule has 0 aliphatic heterocycles. The van der Waals surface area contributed by atoms with Crippen molar-refractivity contribution in [2.24, 2.45) is 5.92 Å². The van der Waals surface area contributed by atoms with Crippen LogP contribution in [-0.4, -0.2) is 46.3 Å². The van der Waals surface area contributed by atoms with E-state index in [1.165, 1.54) is 70.6 Å². The van der Waals surface area contributed by atoms with E-state index in [1.54, 1.807) is 18.7 Å². The molecule has 0 rings (SSSR count). The number of carbonyl (C=O) groups excluding carboxylic acids is 1. The van der Waals surface area contributed by atoms with Gasteiger partial charge in [-0.15, -0.1) is 0 Å². The van der Waals surface area contributed by atoms with Crippen molar-refractivity contribution in [2.45, 2.75) is 130 Å². The van der Waals surface area contributed by atoms with Crippen molar-refractivity contribution in [3.63, 3.8) is 0 Å². The summed E-state index contributed by atoms with van der Waals surface area (Å²) in [5, 5.41) is 19.0. The summed E-state index contributed by atoms with van der Waals surface area (Å²) in [6.07, 6.45) is 16.3. The van der Waals surface area contributed by atoms with Crippen molar-refractivity contribution in [3.05, 3.63) is 0 Å². The maximum absolute atomic E-state index is 12.3. The standard InChI is InChI=1S/C24H49NO3/c1-21(2)17-15-13-11-9-7-5-6-8-10-12-14-16-18-24(28)25(19-22(3)26)20-23(4)27/h21-23,26-27H,5-20H2,1-4H3. The Morgan fingerprint density at radius 3 is 1.36 bits per heavy atom. The summed E-state index contributed by atoms with van der Waals surface area (Å²) in [4.78, 5) is 13.8. The van der Waals surface area contributed by atoms with Gasteiger partial charge < -0.3 is 15.1 Å². The fourth-order valence-corrected chi connectivity index (χ4v) is 3.67. The summed E-state index contributed by atoms with van der Waals surface area (Å²) in [7, 11) is 0. The molecule has 2 atom stereocenters. The number of unbranched alkanes of at least 4 members (excludes halogenated alkanes) is 11. The minimum absolute atomic E-state index is 0.0511. The van der Waals surface area contributed by atoms with E-state index in [0.29, 0.717) is 19.5 Å². The summed E-state index contributed by atoms with van der Waals surface area (Å²) in [5.74, 6) is 0.903. The summed E-state index contributed by atoms with van der Waals surface area (Å²) >= 11 is 0. The molecule has 0 fully saturated rings. The highest BCUT2D eigenvalue weighted by atomic mass is 16.3. The number of hydrogen-bond donors (Lipinski definition) is 2. The van der Waals surface area contributed by atoms with Crippen LogP contribution in [0, 0.1) is 5.92 Å². The molecule has 1 amide bonds. The largest absolute Gasteiger partial charge is 0.392 e. The highest BCUT2D eigenvalue weighted by Crippen LogP contribution is 2.14. The van der Waals surface area contributed by atoms with E-state index in [1.807, 2.05) is 0 Å². The van der Waals surface area contributed by atoms with Gasteiger partial charge in [0.25, 0.3) is 0 Å². The number of nitrogens with zero attached hydrogens (tertiary/aromatic N) is 1. The SMILES string of the molecule is CC(C)CCCCCCCCCCCCCCC(=O)N(CC(C)O)CC(C)O. The Morgan fingerprint density at radius 1 is 0.643 bits per heavy atom. The van der Waals surface area contributed by atoms with Gasteiger partial charge in [0.2, 0.25) is 5.91 Å². The molecule has 2 unspecified atom stereocenters. The summed E-state index contributed by atoms with van der Waals surface area (Å²) in [6.45, 7) is 8.58. The van der Waals surface area contributed by atoms with Gasteiger partial charge in [-0.05, 0) is 26.2 Å². The molecular weight excluding hydrogens is 350 g/mol. The van der Waals surface area contributed by atoms with Gasteiger partial charge in [-0.25, -0.2) is 0 Å². The first-order valence-corrected chi connectivity index (χ1v) is 12.0. The third-order valence-electron chi connectivity index (χ3n) is 5.24. The van der Waals surface area contributed by atoms with Gasteiger partial charge >= 0.3 is 0 Å². The van der Waals surface area contributed by atoms with Crippen molar-refractivity contribution in [3.8, 4) is 0 Å². The predicted octanol–water partition coefficient (Wildman–Crippen LogP) is 5.69. The third-order valence-corrected chi connectivity index (χ3v) is 5.24. The first-order valence-electron chi connectivity index (χ1n) is 12.0. The first-order chi connectivity index (χ1) is 13.3. The predicted molar refractivity (Wildman–Crippen MR) is 119 cm³/mol. The lowest BCUT2D eigenvalue weighted by Crippen LogP contribution is -2.40. The van der Waals surface area contributed by atoms with Gasteiger partial charge in [0.15, 0.2) is 0 Å². The summed E-state index contributed by atoms with van der Waals surface area (Å²) < 4.78 is 0. The van der Waals surface area contributed by atoms with Crippen molar-refractivity contribution < 1.29 is 15.0 Å². The van der Waals surface area contributed by atoms with Crippen molar-refractivity contribution in [2.75, 3.05) is 13.1 Å². The second-order valence-electron chi connectivity index (χ2n) is 9.17. The molecular formula is C24H49NO3. The monoisotopic (exact) mass is 399 g/mol. The molecule has 4 heteroatoms. The van der Waals surface area contributed by atoms with Crippen LogP contribution in [0.4, 0.5) is 0 Å². The zero-order valence-electron chi connectivity index (χ0n) is 19.3. The van der Waals surface area contributed by atoms with Crippen LogP contribution in [0.15, 0.2) is 0 Å². The quantitative estimate of drug-likeness (QED) is 0.274. The average Bonchev–Trinajstić information content (AvgIpc) is 2.60. The fourth-order valence-electron chi connectivity index (χ4n) is 3.67. The van der Waals surface area contributed by atoms with E-state index in [9.17, 15) is 15.0 Å². The topological polar surface area (TPSA) is 60.8 Å². The van der Waals surface area contributed by atoms with Gasteiger partial charge in [0, 0.05) is 19.5 Å². The molecule has 0 aliphatic rings. The molecule has 0 saturated carbocycles. The highest BCUT2D eigenvalue weighted by molar-refractivity contribution is 5.76. The van der Waals surface area contributed by atoms with E-state index < -0.39 is 12.2 Å². The van der Waals surface area contributed by atoms with Gasteiger partial charge in [-0.2, -0.15) is 0 Å². The second kappa shape index (κ2) is 18.4. The molecule has 28 heavy (non-hydrogen) atoms. The molecule has 168 valence electrons. The molecule has 0 bridgehead atoms. The number of carbonyl (C=O) groups is 1. The Hall–Kier alpha value is -0.610. The Balaban J connectivity index is 3.49. The van der Waals surface area contributed by atoms with Crippen LogP contribution in [0.3, 0.4) is 0 Å². The van der Waals surface area contributed by atoms with E-state index >= 15 is 0 Å². The Labute approximate surface area is 175 Å². The van der Waals surface area contributed by atoms with E-state index in [0.717, 1.165) is 18.8 Å². The number of hydrogen-bond acceptors (Lipinski definition) is 3. The van der Waals surface area contributed by atoms with Crippen LogP contribution in [-0.2, 0) is 4.79 Å². The zero-order valence-corrected chi connectivity index (χ0v) is 19.3. The molecule has 0 aromatic heterocycles. The molecule has 2 N–H and O–H groups in total. The van der Waals surface area contributed by atoms with E-state index in [2.05, 4.69) is 13.8 Å². The molecule has 0 spiro atoms. The van der Waals surface area contributed by atoms with Crippen LogP contribution in [0.25, 0.3) is 0 Å². The van der Waals surface area contributed by atoms with Gasteiger partial charge in [-0.1, -0.05) is 90.9 Å². The van der Waals surface area contributed by atoms with Gasteiger partial charge in [0.1, 0.15) is 0 Å². The van der Waals surface area contributed by atoms with Crippen LogP contribution >= 0.6 is 0 Å². The smallest absolute Gasteiger partial charge is 0.222 e. The zero-order chi connectivity index (χ0) is 21.2. The van der Waals surface area contributed by atoms with Crippen molar-refractivity contribution in [1.82, 2.24) is 4.90 Å². The number of amides is 1. The Bertz CT molecular complexity index is 346. The number of aliphatic hydroxyl groups excluding tert-OH is 2. The Kier molecular flexibility index (Phi) is 18.0. The molecule has 4 nitrogen and oxygen atoms in total. The molecule has 0 aromatic rings. The average molecular weight is 400 g/mol. The normalized spacial score (nSPS) is 13.7. The van der Waals surface area contributed by atoms with Crippen LogP contribution in [0.5, 0.6) is 0 Å². The van der Waals surface area contributed by atoms with E-state index in [-0.39, 0.29) is 5.91 Å². The van der Waals surface area contributed by atoms with Crippen molar-refractivity contribution in [1.29, 1.82) is 0 Å². The van der Waals surface area contributed by atoms with Crippen LogP contribution in [0.1, 0.15) is 118 Å². The van der Waals surface area contributed by atoms with Crippen LogP contribution < -0.4 is 0 Å². The maximum Gasteiger partial charge on any atom is 0.222 e. The summed E-state index contributed by atoms with van der Waals surface area (Å²) in [6, 6.07) is 0. The minimum atomic E-state index is -0.553. The highest BCUT2D eigenvalue weighted by Gasteiger charge is 2.16. The second-order valence-corrected chi connectivity index (χ2v) is 9.17. The first kappa shape index (κ1) is 27.4. The van der Waals surface area contributed by atoms with Crippen LogP contribution in [0.2, 0.25) is 0 Å².